The van der Waals surface area contributed by atoms with Gasteiger partial charge in [-0.25, -0.2) is 9.97 Å². The third-order valence-electron chi connectivity index (χ3n) is 2.81. The van der Waals surface area contributed by atoms with Crippen LogP contribution in [0.2, 0.25) is 0 Å². The van der Waals surface area contributed by atoms with Gasteiger partial charge in [0, 0.05) is 11.6 Å². The maximum Gasteiger partial charge on any atom is 0.434 e. The number of hydrogen-bond donors (Lipinski definition) is 0. The summed E-state index contributed by atoms with van der Waals surface area (Å²) in [6, 6.07) is 3.27. The van der Waals surface area contributed by atoms with Crippen LogP contribution in [0.15, 0.2) is 30.5 Å². The van der Waals surface area contributed by atoms with E-state index in [-0.39, 0.29) is 5.75 Å². The van der Waals surface area contributed by atoms with E-state index in [0.29, 0.717) is 12.3 Å². The highest BCUT2D eigenvalue weighted by molar-refractivity contribution is 6.30. The molecule has 0 N–H and O–H groups in total. The molecule has 2 aromatic heterocycles. The summed E-state index contributed by atoms with van der Waals surface area (Å²) in [5.41, 5.74) is -3.43. The zero-order valence-corrected chi connectivity index (χ0v) is 12.7. The van der Waals surface area contributed by atoms with Gasteiger partial charge in [0.05, 0.1) is 12.1 Å². The number of hydrogen-bond acceptors (Lipinski definition) is 4. The van der Waals surface area contributed by atoms with Crippen molar-refractivity contribution in [2.75, 3.05) is 5.88 Å². The minimum Gasteiger partial charge on any atom is -0.437 e. The molecule has 0 saturated heterocycles. The summed E-state index contributed by atoms with van der Waals surface area (Å²) in [6.45, 7) is 0. The van der Waals surface area contributed by atoms with E-state index in [2.05, 4.69) is 9.97 Å². The lowest BCUT2D eigenvalue weighted by atomic mass is 10.1. The van der Waals surface area contributed by atoms with Gasteiger partial charge in [-0.3, -0.25) is 4.79 Å². The SMILES string of the molecule is O=C(CCl)c1ccc(Oc2ccc(C(F)(F)F)nc2)nc1C(F)(F)F. The van der Waals surface area contributed by atoms with Crippen LogP contribution in [-0.2, 0) is 12.4 Å². The number of ether oxygens (including phenoxy) is 1. The normalized spacial score (nSPS) is 12.1. The van der Waals surface area contributed by atoms with Crippen molar-refractivity contribution in [3.8, 4) is 11.6 Å². The van der Waals surface area contributed by atoms with Crippen LogP contribution in [0, 0.1) is 0 Å². The second kappa shape index (κ2) is 6.87. The lowest BCUT2D eigenvalue weighted by molar-refractivity contribution is -0.142. The Morgan fingerprint density at radius 1 is 1.04 bits per heavy atom. The molecule has 0 aromatic carbocycles. The molecule has 2 rings (SSSR count). The number of alkyl halides is 7. The molecule has 4 nitrogen and oxygen atoms in total. The van der Waals surface area contributed by atoms with Crippen molar-refractivity contribution in [2.45, 2.75) is 12.4 Å². The highest BCUT2D eigenvalue weighted by atomic mass is 35.5. The fourth-order valence-corrected chi connectivity index (χ4v) is 1.88. The van der Waals surface area contributed by atoms with E-state index in [4.69, 9.17) is 16.3 Å². The molecule has 0 fully saturated rings. The topological polar surface area (TPSA) is 52.1 Å². The number of ketones is 1. The van der Waals surface area contributed by atoms with Gasteiger partial charge in [-0.05, 0) is 18.2 Å². The maximum absolute atomic E-state index is 13.0. The number of carbonyl (C=O) groups excluding carboxylic acids is 1. The summed E-state index contributed by atoms with van der Waals surface area (Å²) < 4.78 is 81.2. The molecule has 2 aromatic rings. The second-order valence-electron chi connectivity index (χ2n) is 4.58. The molecule has 0 atom stereocenters. The Morgan fingerprint density at radius 3 is 2.20 bits per heavy atom. The van der Waals surface area contributed by atoms with Crippen molar-refractivity contribution < 1.29 is 35.9 Å². The zero-order valence-electron chi connectivity index (χ0n) is 12.0. The van der Waals surface area contributed by atoms with Gasteiger partial charge in [-0.15, -0.1) is 11.6 Å². The van der Waals surface area contributed by atoms with Gasteiger partial charge >= 0.3 is 12.4 Å². The van der Waals surface area contributed by atoms with E-state index in [1.54, 1.807) is 0 Å². The van der Waals surface area contributed by atoms with Gasteiger partial charge < -0.3 is 4.74 Å². The van der Waals surface area contributed by atoms with Crippen molar-refractivity contribution in [1.82, 2.24) is 9.97 Å². The molecule has 0 unspecified atom stereocenters. The molecule has 2 heterocycles. The number of aromatic nitrogens is 2. The average Bonchev–Trinajstić information content (AvgIpc) is 2.53. The minimum atomic E-state index is -4.95. The van der Waals surface area contributed by atoms with Crippen LogP contribution >= 0.6 is 11.6 Å². The molecule has 134 valence electrons. The summed E-state index contributed by atoms with van der Waals surface area (Å²) in [7, 11) is 0. The van der Waals surface area contributed by atoms with Crippen LogP contribution in [-0.4, -0.2) is 21.6 Å². The highest BCUT2D eigenvalue weighted by Gasteiger charge is 2.37. The molecular weight excluding hydrogens is 378 g/mol. The standard InChI is InChI=1S/C14H7ClF6N2O2/c15-5-9(24)8-2-4-11(23-12(8)14(19,20)21)25-7-1-3-10(22-6-7)13(16,17)18/h1-4,6H,5H2. The van der Waals surface area contributed by atoms with Gasteiger partial charge in [0.25, 0.3) is 0 Å². The first-order chi connectivity index (χ1) is 11.5. The molecule has 0 amide bonds. The van der Waals surface area contributed by atoms with Crippen LogP contribution in [0.1, 0.15) is 21.7 Å². The first-order valence-corrected chi connectivity index (χ1v) is 6.94. The summed E-state index contributed by atoms with van der Waals surface area (Å²) in [4.78, 5) is 17.8. The summed E-state index contributed by atoms with van der Waals surface area (Å²) >= 11 is 5.25. The predicted octanol–water partition coefficient (Wildman–Crippen LogP) is 4.73. The molecule has 0 aliphatic heterocycles. The molecule has 0 bridgehead atoms. The monoisotopic (exact) mass is 384 g/mol. The Hall–Kier alpha value is -2.36. The van der Waals surface area contributed by atoms with E-state index >= 15 is 0 Å². The quantitative estimate of drug-likeness (QED) is 0.434. The largest absolute Gasteiger partial charge is 0.437 e. The lowest BCUT2D eigenvalue weighted by Gasteiger charge is -2.13. The minimum absolute atomic E-state index is 0.259. The van der Waals surface area contributed by atoms with E-state index in [9.17, 15) is 31.1 Å². The fraction of sp³-hybridized carbons (Fsp3) is 0.214. The zero-order chi connectivity index (χ0) is 18.8. The lowest BCUT2D eigenvalue weighted by Crippen LogP contribution is -2.16. The Bertz CT molecular complexity index is 774. The number of nitrogens with zero attached hydrogens (tertiary/aromatic N) is 2. The number of Topliss-reactive ketones (excluding diaryl/α,β-unsaturated/α-hetero) is 1. The number of carbonyl (C=O) groups is 1. The third kappa shape index (κ3) is 4.59. The smallest absolute Gasteiger partial charge is 0.434 e. The van der Waals surface area contributed by atoms with Crippen LogP contribution < -0.4 is 4.74 Å². The second-order valence-corrected chi connectivity index (χ2v) is 4.85. The Kier molecular flexibility index (Phi) is 5.21. The molecule has 25 heavy (non-hydrogen) atoms. The van der Waals surface area contributed by atoms with E-state index in [1.807, 2.05) is 0 Å². The summed E-state index contributed by atoms with van der Waals surface area (Å²) in [5.74, 6) is -2.48. The number of halogens is 7. The van der Waals surface area contributed by atoms with Crippen molar-refractivity contribution in [1.29, 1.82) is 0 Å². The maximum atomic E-state index is 13.0. The molecule has 11 heteroatoms. The van der Waals surface area contributed by atoms with Crippen LogP contribution in [0.5, 0.6) is 11.6 Å². The average molecular weight is 385 g/mol. The number of rotatable bonds is 4. The molecule has 0 radical (unpaired) electrons. The Balaban J connectivity index is 2.33. The fourth-order valence-electron chi connectivity index (χ4n) is 1.74. The Labute approximate surface area is 141 Å². The van der Waals surface area contributed by atoms with Gasteiger partial charge in [-0.2, -0.15) is 26.3 Å². The van der Waals surface area contributed by atoms with Gasteiger partial charge in [0.15, 0.2) is 11.5 Å². The first kappa shape index (κ1) is 19.0. The van der Waals surface area contributed by atoms with Crippen molar-refractivity contribution >= 4 is 17.4 Å². The third-order valence-corrected chi connectivity index (χ3v) is 3.05. The molecule has 0 saturated carbocycles. The van der Waals surface area contributed by atoms with Gasteiger partial charge in [0.2, 0.25) is 5.88 Å². The molecule has 0 spiro atoms. The van der Waals surface area contributed by atoms with Crippen molar-refractivity contribution in [3.63, 3.8) is 0 Å². The highest BCUT2D eigenvalue weighted by Crippen LogP contribution is 2.33. The Morgan fingerprint density at radius 2 is 1.72 bits per heavy atom. The first-order valence-electron chi connectivity index (χ1n) is 6.41. The van der Waals surface area contributed by atoms with Crippen molar-refractivity contribution in [3.05, 3.63) is 47.4 Å². The summed E-state index contributed by atoms with van der Waals surface area (Å²) in [5, 5.41) is 0. The van der Waals surface area contributed by atoms with E-state index < -0.39 is 46.8 Å². The van der Waals surface area contributed by atoms with Crippen LogP contribution in [0.4, 0.5) is 26.3 Å². The van der Waals surface area contributed by atoms with E-state index in [0.717, 1.165) is 18.2 Å². The van der Waals surface area contributed by atoms with Crippen LogP contribution in [0.25, 0.3) is 0 Å². The number of pyridine rings is 2. The summed E-state index contributed by atoms with van der Waals surface area (Å²) in [6.07, 6.45) is -8.92. The predicted molar refractivity (Wildman–Crippen MR) is 73.6 cm³/mol. The molecule has 0 aliphatic rings. The molecular formula is C14H7ClF6N2O2. The van der Waals surface area contributed by atoms with Gasteiger partial charge in [0.1, 0.15) is 11.4 Å². The van der Waals surface area contributed by atoms with Crippen LogP contribution in [0.3, 0.4) is 0 Å². The molecule has 0 aliphatic carbocycles. The van der Waals surface area contributed by atoms with Crippen molar-refractivity contribution in [2.24, 2.45) is 0 Å². The van der Waals surface area contributed by atoms with Gasteiger partial charge in [-0.1, -0.05) is 0 Å². The van der Waals surface area contributed by atoms with E-state index in [1.165, 1.54) is 0 Å².